The van der Waals surface area contributed by atoms with Gasteiger partial charge in [-0.05, 0) is 55.9 Å². The van der Waals surface area contributed by atoms with Crippen LogP contribution >= 0.6 is 35.3 Å². The summed E-state index contributed by atoms with van der Waals surface area (Å²) >= 11 is 7.72. The molecule has 0 unspecified atom stereocenters. The van der Waals surface area contributed by atoms with Crippen molar-refractivity contribution in [1.29, 1.82) is 0 Å². The Morgan fingerprint density at radius 3 is 2.57 bits per heavy atom. The Labute approximate surface area is 193 Å². The molecule has 0 atom stereocenters. The van der Waals surface area contributed by atoms with Gasteiger partial charge in [0.15, 0.2) is 5.13 Å². The normalized spacial score (nSPS) is 10.9. The van der Waals surface area contributed by atoms with Gasteiger partial charge in [0.05, 0.1) is 17.3 Å². The molecule has 3 rings (SSSR count). The maximum Gasteiger partial charge on any atom is 0.260 e. The number of amides is 1. The fourth-order valence-electron chi connectivity index (χ4n) is 3.24. The van der Waals surface area contributed by atoms with Crippen molar-refractivity contribution in [3.63, 3.8) is 0 Å². The summed E-state index contributed by atoms with van der Waals surface area (Å²) in [6.45, 7) is 9.45. The zero-order valence-corrected chi connectivity index (χ0v) is 20.0. The first kappa shape index (κ1) is 24.4. The number of anilines is 1. The lowest BCUT2D eigenvalue weighted by Crippen LogP contribution is -2.38. The number of methoxy groups -OCH3 is 1. The minimum Gasteiger partial charge on any atom is -0.497 e. The van der Waals surface area contributed by atoms with Crippen molar-refractivity contribution in [3.8, 4) is 5.75 Å². The number of halogens is 2. The van der Waals surface area contributed by atoms with Gasteiger partial charge in [0.25, 0.3) is 5.91 Å². The molecule has 0 saturated heterocycles. The van der Waals surface area contributed by atoms with Crippen LogP contribution in [0.2, 0.25) is 5.02 Å². The van der Waals surface area contributed by atoms with E-state index in [1.165, 1.54) is 11.3 Å². The zero-order chi connectivity index (χ0) is 21.0. The fraction of sp³-hybridized carbons (Fsp3) is 0.364. The summed E-state index contributed by atoms with van der Waals surface area (Å²) in [4.78, 5) is 22.3. The highest BCUT2D eigenvalue weighted by Crippen LogP contribution is 2.33. The van der Waals surface area contributed by atoms with Crippen molar-refractivity contribution in [2.24, 2.45) is 0 Å². The molecular weight excluding hydrogens is 441 g/mol. The number of benzene rings is 2. The molecule has 0 aliphatic heterocycles. The van der Waals surface area contributed by atoms with Crippen molar-refractivity contribution in [2.45, 2.75) is 20.8 Å². The van der Waals surface area contributed by atoms with Gasteiger partial charge in [-0.1, -0.05) is 42.9 Å². The molecule has 162 valence electrons. The zero-order valence-electron chi connectivity index (χ0n) is 17.6. The minimum absolute atomic E-state index is 0. The van der Waals surface area contributed by atoms with Crippen LogP contribution in [0.1, 0.15) is 29.8 Å². The van der Waals surface area contributed by atoms with Crippen molar-refractivity contribution in [2.75, 3.05) is 38.2 Å². The number of carbonyl (C=O) groups is 1. The first-order valence-corrected chi connectivity index (χ1v) is 10.9. The van der Waals surface area contributed by atoms with Crippen molar-refractivity contribution < 1.29 is 9.53 Å². The van der Waals surface area contributed by atoms with Crippen LogP contribution in [0.4, 0.5) is 5.13 Å². The van der Waals surface area contributed by atoms with Crippen molar-refractivity contribution in [3.05, 3.63) is 52.5 Å². The highest BCUT2D eigenvalue weighted by molar-refractivity contribution is 7.22. The van der Waals surface area contributed by atoms with Gasteiger partial charge in [-0.3, -0.25) is 9.69 Å². The maximum atomic E-state index is 13.4. The van der Waals surface area contributed by atoms with E-state index >= 15 is 0 Å². The Hall–Kier alpha value is -1.86. The Kier molecular flexibility index (Phi) is 8.92. The van der Waals surface area contributed by atoms with Crippen LogP contribution in [0.15, 0.2) is 36.4 Å². The second-order valence-corrected chi connectivity index (χ2v) is 8.23. The number of likely N-dealkylation sites (N-methyl/N-ethyl adjacent to an activating group) is 1. The van der Waals surface area contributed by atoms with Crippen LogP contribution in [0, 0.1) is 6.92 Å². The van der Waals surface area contributed by atoms with E-state index in [0.29, 0.717) is 28.0 Å². The van der Waals surface area contributed by atoms with Crippen LogP contribution in [-0.2, 0) is 0 Å². The standard InChI is InChI=1S/C22H26ClN3O2S.ClH/c1-5-25(6-2)10-11-26(21(27)16-8-7-9-18(13-16)28-4)22-24-20-15(3)12-17(23)14-19(20)29-22;/h7-9,12-14H,5-6,10-11H2,1-4H3;1H. The lowest BCUT2D eigenvalue weighted by Gasteiger charge is -2.24. The third-order valence-corrected chi connectivity index (χ3v) is 6.21. The van der Waals surface area contributed by atoms with E-state index in [1.54, 1.807) is 18.1 Å². The number of thiazole rings is 1. The third kappa shape index (κ3) is 5.43. The summed E-state index contributed by atoms with van der Waals surface area (Å²) in [5.74, 6) is 0.574. The minimum atomic E-state index is -0.0844. The Morgan fingerprint density at radius 2 is 1.90 bits per heavy atom. The van der Waals surface area contributed by atoms with Gasteiger partial charge in [0, 0.05) is 23.7 Å². The molecule has 3 aromatic rings. The summed E-state index contributed by atoms with van der Waals surface area (Å²) < 4.78 is 6.28. The van der Waals surface area contributed by atoms with Gasteiger partial charge >= 0.3 is 0 Å². The van der Waals surface area contributed by atoms with Gasteiger partial charge in [-0.25, -0.2) is 4.98 Å². The maximum absolute atomic E-state index is 13.4. The van der Waals surface area contributed by atoms with Gasteiger partial charge in [-0.15, -0.1) is 12.4 Å². The predicted molar refractivity (Wildman–Crippen MR) is 129 cm³/mol. The summed E-state index contributed by atoms with van der Waals surface area (Å²) in [5.41, 5.74) is 2.48. The number of aryl methyl sites for hydroxylation is 1. The molecule has 0 aliphatic rings. The number of carbonyl (C=O) groups excluding carboxylic acids is 1. The molecule has 30 heavy (non-hydrogen) atoms. The molecule has 0 spiro atoms. The second kappa shape index (κ2) is 11.0. The van der Waals surface area contributed by atoms with E-state index in [0.717, 1.165) is 35.4 Å². The molecule has 2 aromatic carbocycles. The third-order valence-electron chi connectivity index (χ3n) is 4.97. The number of fused-ring (bicyclic) bond motifs is 1. The lowest BCUT2D eigenvalue weighted by molar-refractivity contribution is 0.0983. The molecule has 0 radical (unpaired) electrons. The SMILES string of the molecule is CCN(CC)CCN(C(=O)c1cccc(OC)c1)c1nc2c(C)cc(Cl)cc2s1.Cl. The number of rotatable bonds is 8. The lowest BCUT2D eigenvalue weighted by atomic mass is 10.2. The number of aromatic nitrogens is 1. The highest BCUT2D eigenvalue weighted by atomic mass is 35.5. The van der Waals surface area contributed by atoms with E-state index < -0.39 is 0 Å². The van der Waals surface area contributed by atoms with Crippen LogP contribution < -0.4 is 9.64 Å². The largest absolute Gasteiger partial charge is 0.497 e. The van der Waals surface area contributed by atoms with E-state index in [1.807, 2.05) is 37.3 Å². The smallest absolute Gasteiger partial charge is 0.260 e. The topological polar surface area (TPSA) is 45.7 Å². The summed E-state index contributed by atoms with van der Waals surface area (Å²) in [5, 5.41) is 1.37. The molecule has 8 heteroatoms. The summed E-state index contributed by atoms with van der Waals surface area (Å²) in [6.07, 6.45) is 0. The first-order chi connectivity index (χ1) is 14.0. The summed E-state index contributed by atoms with van der Waals surface area (Å²) in [7, 11) is 1.60. The average molecular weight is 468 g/mol. The molecule has 0 saturated carbocycles. The molecule has 1 amide bonds. The fourth-order valence-corrected chi connectivity index (χ4v) is 4.68. The molecule has 1 heterocycles. The van der Waals surface area contributed by atoms with E-state index in [9.17, 15) is 4.79 Å². The van der Waals surface area contributed by atoms with Gasteiger partial charge < -0.3 is 9.64 Å². The van der Waals surface area contributed by atoms with E-state index in [2.05, 4.69) is 18.7 Å². The number of hydrogen-bond acceptors (Lipinski definition) is 5. The summed E-state index contributed by atoms with van der Waals surface area (Å²) in [6, 6.07) is 11.0. The number of hydrogen-bond donors (Lipinski definition) is 0. The molecule has 5 nitrogen and oxygen atoms in total. The first-order valence-electron chi connectivity index (χ1n) is 9.71. The monoisotopic (exact) mass is 467 g/mol. The predicted octanol–water partition coefficient (Wildman–Crippen LogP) is 5.68. The van der Waals surface area contributed by atoms with Crippen molar-refractivity contribution in [1.82, 2.24) is 9.88 Å². The Morgan fingerprint density at radius 1 is 1.17 bits per heavy atom. The van der Waals surface area contributed by atoms with E-state index in [4.69, 9.17) is 21.3 Å². The van der Waals surface area contributed by atoms with Gasteiger partial charge in [0.1, 0.15) is 5.75 Å². The van der Waals surface area contributed by atoms with Crippen LogP contribution in [0.3, 0.4) is 0 Å². The highest BCUT2D eigenvalue weighted by Gasteiger charge is 2.23. The molecule has 0 bridgehead atoms. The number of ether oxygens (including phenoxy) is 1. The second-order valence-electron chi connectivity index (χ2n) is 6.78. The van der Waals surface area contributed by atoms with Crippen molar-refractivity contribution >= 4 is 56.6 Å². The molecular formula is C22H27Cl2N3O2S. The van der Waals surface area contributed by atoms with Crippen LogP contribution in [0.5, 0.6) is 5.75 Å². The quantitative estimate of drug-likeness (QED) is 0.427. The van der Waals surface area contributed by atoms with Crippen LogP contribution in [0.25, 0.3) is 10.2 Å². The molecule has 0 aliphatic carbocycles. The van der Waals surface area contributed by atoms with Gasteiger partial charge in [-0.2, -0.15) is 0 Å². The molecule has 0 fully saturated rings. The van der Waals surface area contributed by atoms with Crippen LogP contribution in [-0.4, -0.2) is 49.1 Å². The van der Waals surface area contributed by atoms with E-state index in [-0.39, 0.29) is 18.3 Å². The number of nitrogens with zero attached hydrogens (tertiary/aromatic N) is 3. The Bertz CT molecular complexity index is 1010. The molecule has 0 N–H and O–H groups in total. The van der Waals surface area contributed by atoms with Gasteiger partial charge in [0.2, 0.25) is 0 Å². The average Bonchev–Trinajstić information content (AvgIpc) is 3.15. The molecule has 1 aromatic heterocycles. The Balaban J connectivity index is 0.00000320.